The highest BCUT2D eigenvalue weighted by Crippen LogP contribution is 2.31. The number of fused-ring (bicyclic) bond motifs is 1. The molecule has 0 radical (unpaired) electrons. The summed E-state index contributed by atoms with van der Waals surface area (Å²) >= 11 is 6.24. The number of nitrogens with zero attached hydrogens (tertiary/aromatic N) is 5. The molecule has 4 N–H and O–H groups in total. The van der Waals surface area contributed by atoms with Crippen molar-refractivity contribution < 1.29 is 23.1 Å². The van der Waals surface area contributed by atoms with Gasteiger partial charge in [-0.05, 0) is 104 Å². The molecular weight excluding hydrogens is 786 g/mol. The van der Waals surface area contributed by atoms with Gasteiger partial charge >= 0.3 is 0 Å². The summed E-state index contributed by atoms with van der Waals surface area (Å²) in [5.74, 6) is -1.62. The van der Waals surface area contributed by atoms with Gasteiger partial charge in [0.05, 0.1) is 29.2 Å². The Morgan fingerprint density at radius 2 is 1.60 bits per heavy atom. The van der Waals surface area contributed by atoms with Gasteiger partial charge < -0.3 is 35.5 Å². The molecule has 0 saturated carbocycles. The molecule has 5 aromatic rings. The Kier molecular flexibility index (Phi) is 12.8. The summed E-state index contributed by atoms with van der Waals surface area (Å²) in [4.78, 5) is 45.3. The van der Waals surface area contributed by atoms with Gasteiger partial charge in [-0.25, -0.2) is 18.7 Å². The van der Waals surface area contributed by atoms with Crippen LogP contribution < -0.4 is 16.0 Å². The molecule has 3 aromatic carbocycles. The molecule has 3 fully saturated rings. The molecule has 8 rings (SSSR count). The van der Waals surface area contributed by atoms with Gasteiger partial charge in [0, 0.05) is 57.0 Å². The Morgan fingerprint density at radius 1 is 0.917 bits per heavy atom. The van der Waals surface area contributed by atoms with E-state index in [4.69, 9.17) is 22.1 Å². The number of aromatic amines is 1. The van der Waals surface area contributed by atoms with Crippen LogP contribution in [0.25, 0.3) is 22.2 Å². The Morgan fingerprint density at radius 3 is 2.28 bits per heavy atom. The SMILES string of the molecule is CCc1cccc(-c2cc(F)c(C(=O)N3CCC(OC4CCN(CC[C@H](NC(=O)C5(N)CCN(c6ncnc7[nH]ccc67)CC5)c5ccc(Cl)cc5)CC4)CC3)c(F)c2)c1. The Hall–Kier alpha value is -4.95. The van der Waals surface area contributed by atoms with Crippen LogP contribution in [0, 0.1) is 11.6 Å². The first-order valence-corrected chi connectivity index (χ1v) is 21.6. The van der Waals surface area contributed by atoms with Crippen LogP contribution in [0.3, 0.4) is 0 Å². The van der Waals surface area contributed by atoms with Crippen molar-refractivity contribution in [3.8, 4) is 11.1 Å². The number of nitrogens with one attached hydrogen (secondary N) is 2. The number of benzene rings is 3. The first-order chi connectivity index (χ1) is 29.1. The fourth-order valence-corrected chi connectivity index (χ4v) is 9.02. The van der Waals surface area contributed by atoms with Crippen molar-refractivity contribution in [2.24, 2.45) is 5.73 Å². The predicted molar refractivity (Wildman–Crippen MR) is 230 cm³/mol. The fourth-order valence-electron chi connectivity index (χ4n) is 8.90. The number of piperidine rings is 3. The zero-order valence-corrected chi connectivity index (χ0v) is 34.8. The average Bonchev–Trinajstić information content (AvgIpc) is 3.76. The summed E-state index contributed by atoms with van der Waals surface area (Å²) in [7, 11) is 0. The highest BCUT2D eigenvalue weighted by molar-refractivity contribution is 6.30. The summed E-state index contributed by atoms with van der Waals surface area (Å²) in [6.45, 7) is 6.48. The van der Waals surface area contributed by atoms with E-state index < -0.39 is 28.6 Å². The third kappa shape index (κ3) is 9.34. The summed E-state index contributed by atoms with van der Waals surface area (Å²) in [5, 5.41) is 4.89. The fraction of sp³-hybridized carbons (Fsp3) is 0.435. The number of rotatable bonds is 12. The number of anilines is 1. The van der Waals surface area contributed by atoms with Crippen molar-refractivity contribution in [2.45, 2.75) is 82.1 Å². The van der Waals surface area contributed by atoms with Crippen molar-refractivity contribution in [1.29, 1.82) is 0 Å². The molecule has 3 saturated heterocycles. The maximum Gasteiger partial charge on any atom is 0.259 e. The molecule has 0 spiro atoms. The molecule has 0 unspecified atom stereocenters. The van der Waals surface area contributed by atoms with Crippen LogP contribution in [0.15, 0.2) is 79.3 Å². The lowest BCUT2D eigenvalue weighted by Crippen LogP contribution is -2.60. The van der Waals surface area contributed by atoms with Crippen LogP contribution in [-0.2, 0) is 16.0 Å². The number of amides is 2. The Bertz CT molecular complexity index is 2260. The lowest BCUT2D eigenvalue weighted by Gasteiger charge is -2.40. The zero-order valence-electron chi connectivity index (χ0n) is 34.0. The lowest BCUT2D eigenvalue weighted by atomic mass is 9.86. The normalized spacial score (nSPS) is 18.5. The number of aromatic nitrogens is 3. The van der Waals surface area contributed by atoms with E-state index in [2.05, 4.69) is 30.1 Å². The first kappa shape index (κ1) is 41.8. The maximum absolute atomic E-state index is 15.3. The highest BCUT2D eigenvalue weighted by atomic mass is 35.5. The third-order valence-corrected chi connectivity index (χ3v) is 12.9. The minimum Gasteiger partial charge on any atom is -0.375 e. The van der Waals surface area contributed by atoms with E-state index in [1.54, 1.807) is 6.33 Å². The second-order valence-corrected chi connectivity index (χ2v) is 16.9. The monoisotopic (exact) mass is 838 g/mol. The van der Waals surface area contributed by atoms with Crippen LogP contribution >= 0.6 is 11.6 Å². The molecule has 5 heterocycles. The van der Waals surface area contributed by atoms with Gasteiger partial charge in [0.25, 0.3) is 5.91 Å². The molecule has 2 amide bonds. The predicted octanol–water partition coefficient (Wildman–Crippen LogP) is 7.45. The number of halogens is 3. The quantitative estimate of drug-likeness (QED) is 0.118. The maximum atomic E-state index is 15.3. The van der Waals surface area contributed by atoms with E-state index >= 15 is 8.78 Å². The smallest absolute Gasteiger partial charge is 0.259 e. The van der Waals surface area contributed by atoms with Gasteiger partial charge in [0.2, 0.25) is 5.91 Å². The van der Waals surface area contributed by atoms with Crippen molar-refractivity contribution in [1.82, 2.24) is 30.1 Å². The van der Waals surface area contributed by atoms with Crippen LogP contribution in [0.5, 0.6) is 0 Å². The van der Waals surface area contributed by atoms with E-state index in [1.165, 1.54) is 17.0 Å². The molecule has 1 atom stereocenters. The number of carbonyl (C=O) groups excluding carboxylic acids is 2. The van der Waals surface area contributed by atoms with E-state index in [-0.39, 0.29) is 24.2 Å². The number of hydrogen-bond donors (Lipinski definition) is 3. The number of nitrogens with two attached hydrogens (primary N) is 1. The average molecular weight is 839 g/mol. The van der Waals surface area contributed by atoms with Crippen molar-refractivity contribution in [3.05, 3.63) is 113 Å². The topological polar surface area (TPSA) is 133 Å². The highest BCUT2D eigenvalue weighted by Gasteiger charge is 2.39. The van der Waals surface area contributed by atoms with Crippen molar-refractivity contribution in [3.63, 3.8) is 0 Å². The summed E-state index contributed by atoms with van der Waals surface area (Å²) in [5.41, 5.74) is 9.28. The van der Waals surface area contributed by atoms with E-state index in [1.807, 2.05) is 67.7 Å². The zero-order chi connectivity index (χ0) is 41.8. The van der Waals surface area contributed by atoms with Crippen LogP contribution in [-0.4, -0.2) is 100 Å². The van der Waals surface area contributed by atoms with Crippen molar-refractivity contribution in [2.75, 3.05) is 50.7 Å². The van der Waals surface area contributed by atoms with Gasteiger partial charge in [-0.15, -0.1) is 0 Å². The second kappa shape index (κ2) is 18.3. The molecule has 3 aliphatic heterocycles. The molecule has 0 aliphatic carbocycles. The van der Waals surface area contributed by atoms with Crippen LogP contribution in [0.4, 0.5) is 14.6 Å². The molecular formula is C46H53ClF2N8O3. The Labute approximate surface area is 354 Å². The molecule has 316 valence electrons. The van der Waals surface area contributed by atoms with Gasteiger partial charge in [-0.3, -0.25) is 9.59 Å². The number of carbonyl (C=O) groups is 2. The summed E-state index contributed by atoms with van der Waals surface area (Å²) < 4.78 is 37.1. The number of ether oxygens (including phenoxy) is 1. The molecule has 0 bridgehead atoms. The number of likely N-dealkylation sites (tertiary alicyclic amines) is 2. The third-order valence-electron chi connectivity index (χ3n) is 12.6. The van der Waals surface area contributed by atoms with Crippen LogP contribution in [0.2, 0.25) is 5.02 Å². The number of aryl methyl sites for hydroxylation is 1. The lowest BCUT2D eigenvalue weighted by molar-refractivity contribution is -0.128. The number of H-pyrrole nitrogens is 1. The standard InChI is InChI=1S/C46H53ClF2N8O3/c1-2-30-4-3-5-32(26-30)33-27-38(48)41(39(49)28-33)44(58)57-22-13-36(14-23-57)60-35-11-19-55(20-12-35)21-15-40(31-6-8-34(47)9-7-31)54-45(59)46(50)16-24-56(25-17-46)43-37-10-18-51-42(37)52-29-53-43/h3-10,18,26-29,35-36,40H,2,11-17,19-25,50H2,1H3,(H,54,59)(H,51,52,53)/t40-/m0/s1. The summed E-state index contributed by atoms with van der Waals surface area (Å²) in [6.07, 6.45) is 8.91. The first-order valence-electron chi connectivity index (χ1n) is 21.2. The number of hydrogen-bond acceptors (Lipinski definition) is 8. The van der Waals surface area contributed by atoms with Gasteiger partial charge in [0.15, 0.2) is 0 Å². The van der Waals surface area contributed by atoms with E-state index in [9.17, 15) is 9.59 Å². The van der Waals surface area contributed by atoms with Gasteiger partial charge in [-0.2, -0.15) is 0 Å². The van der Waals surface area contributed by atoms with Crippen molar-refractivity contribution >= 4 is 40.3 Å². The van der Waals surface area contributed by atoms with Crippen LogP contribution in [0.1, 0.15) is 79.4 Å². The molecule has 60 heavy (non-hydrogen) atoms. The molecule has 2 aromatic heterocycles. The van der Waals surface area contributed by atoms with Gasteiger partial charge in [-0.1, -0.05) is 54.9 Å². The molecule has 11 nitrogen and oxygen atoms in total. The van der Waals surface area contributed by atoms with Gasteiger partial charge in [0.1, 0.15) is 35.0 Å². The van der Waals surface area contributed by atoms with E-state index in [0.717, 1.165) is 66.9 Å². The molecule has 3 aliphatic rings. The summed E-state index contributed by atoms with van der Waals surface area (Å²) in [6, 6.07) is 19.4. The van der Waals surface area contributed by atoms with E-state index in [0.29, 0.717) is 74.4 Å². The molecule has 14 heteroatoms. The minimum absolute atomic E-state index is 0.0240. The second-order valence-electron chi connectivity index (χ2n) is 16.5. The Balaban J connectivity index is 0.802. The largest absolute Gasteiger partial charge is 0.375 e. The minimum atomic E-state index is -1.01.